The van der Waals surface area contributed by atoms with Gasteiger partial charge in [0.15, 0.2) is 17.4 Å². The van der Waals surface area contributed by atoms with Gasteiger partial charge in [-0.3, -0.25) is 4.90 Å². The molecule has 0 bridgehead atoms. The maximum Gasteiger partial charge on any atom is 0.328 e. The second-order valence-corrected chi connectivity index (χ2v) is 11.9. The molecule has 1 aliphatic rings. The number of hydrogen-bond acceptors (Lipinski definition) is 6. The van der Waals surface area contributed by atoms with E-state index in [-0.39, 0.29) is 24.0 Å². The second kappa shape index (κ2) is 14.4. The molecule has 5 aromatic rings. The van der Waals surface area contributed by atoms with Gasteiger partial charge in [0.1, 0.15) is 29.8 Å². The SMILES string of the molecule is CCn1cncc1Cn1c(CN2CCC(Oc3cccc(COc4ccc(Cl)cc4F)c3)CC2)nc2c(F)cc(/C=C/C(=O)O)cc21. The Hall–Kier alpha value is -4.74. The van der Waals surface area contributed by atoms with Crippen molar-refractivity contribution in [2.45, 2.75) is 52.1 Å². The summed E-state index contributed by atoms with van der Waals surface area (Å²) in [6.45, 7) is 5.42. The molecule has 1 aliphatic heterocycles. The molecule has 0 saturated carbocycles. The van der Waals surface area contributed by atoms with Crippen LogP contribution in [0.1, 0.15) is 42.4 Å². The number of rotatable bonds is 12. The molecule has 0 amide bonds. The van der Waals surface area contributed by atoms with Gasteiger partial charge in [0.05, 0.1) is 30.6 Å². The fraction of sp³-hybridized carbons (Fsp3) is 0.286. The predicted octanol–water partition coefficient (Wildman–Crippen LogP) is 6.95. The minimum absolute atomic E-state index is 0.00914. The molecule has 0 spiro atoms. The molecule has 0 atom stereocenters. The van der Waals surface area contributed by atoms with Gasteiger partial charge in [-0.15, -0.1) is 0 Å². The van der Waals surface area contributed by atoms with E-state index in [0.717, 1.165) is 55.6 Å². The van der Waals surface area contributed by atoms with Gasteiger partial charge >= 0.3 is 5.97 Å². The molecule has 6 rings (SSSR count). The quantitative estimate of drug-likeness (QED) is 0.145. The van der Waals surface area contributed by atoms with Crippen LogP contribution >= 0.6 is 11.6 Å². The number of aryl methyl sites for hydroxylation is 1. The number of carboxylic acids is 1. The number of benzene rings is 3. The smallest absolute Gasteiger partial charge is 0.328 e. The highest BCUT2D eigenvalue weighted by atomic mass is 35.5. The minimum atomic E-state index is -1.11. The first-order valence-corrected chi connectivity index (χ1v) is 15.8. The van der Waals surface area contributed by atoms with Crippen LogP contribution < -0.4 is 9.47 Å². The van der Waals surface area contributed by atoms with Gasteiger partial charge < -0.3 is 23.7 Å². The summed E-state index contributed by atoms with van der Waals surface area (Å²) in [4.78, 5) is 22.4. The van der Waals surface area contributed by atoms with E-state index in [4.69, 9.17) is 31.2 Å². The number of ether oxygens (including phenoxy) is 2. The van der Waals surface area contributed by atoms with Crippen LogP contribution in [0, 0.1) is 11.6 Å². The lowest BCUT2D eigenvalue weighted by atomic mass is 10.1. The molecule has 244 valence electrons. The lowest BCUT2D eigenvalue weighted by Gasteiger charge is -2.32. The van der Waals surface area contributed by atoms with E-state index in [1.165, 1.54) is 24.3 Å². The van der Waals surface area contributed by atoms with Gasteiger partial charge in [-0.05, 0) is 79.4 Å². The van der Waals surface area contributed by atoms with Crippen molar-refractivity contribution < 1.29 is 28.2 Å². The van der Waals surface area contributed by atoms with Crippen LogP contribution in [0.15, 0.2) is 73.2 Å². The molecule has 1 saturated heterocycles. The van der Waals surface area contributed by atoms with Crippen molar-refractivity contribution in [3.05, 3.63) is 112 Å². The van der Waals surface area contributed by atoms with Crippen LogP contribution in [-0.2, 0) is 31.0 Å². The molecule has 47 heavy (non-hydrogen) atoms. The lowest BCUT2D eigenvalue weighted by molar-refractivity contribution is -0.131. The third kappa shape index (κ3) is 7.81. The number of aromatic nitrogens is 4. The van der Waals surface area contributed by atoms with Crippen LogP contribution in [0.25, 0.3) is 17.1 Å². The van der Waals surface area contributed by atoms with Crippen molar-refractivity contribution in [2.24, 2.45) is 0 Å². The van der Waals surface area contributed by atoms with E-state index in [1.54, 1.807) is 24.7 Å². The zero-order valence-corrected chi connectivity index (χ0v) is 26.5. The van der Waals surface area contributed by atoms with Gasteiger partial charge in [-0.25, -0.2) is 23.5 Å². The van der Waals surface area contributed by atoms with Crippen LogP contribution in [0.5, 0.6) is 11.5 Å². The lowest BCUT2D eigenvalue weighted by Crippen LogP contribution is -2.38. The zero-order chi connectivity index (χ0) is 32.9. The molecule has 3 aromatic carbocycles. The van der Waals surface area contributed by atoms with E-state index in [9.17, 15) is 9.18 Å². The number of nitrogens with zero attached hydrogens (tertiary/aromatic N) is 5. The first-order chi connectivity index (χ1) is 22.7. The minimum Gasteiger partial charge on any atom is -0.490 e. The van der Waals surface area contributed by atoms with E-state index >= 15 is 4.39 Å². The summed E-state index contributed by atoms with van der Waals surface area (Å²) in [6, 6.07) is 15.0. The monoisotopic (exact) mass is 661 g/mol. The average molecular weight is 662 g/mol. The second-order valence-electron chi connectivity index (χ2n) is 11.4. The Kier molecular flexibility index (Phi) is 9.84. The summed E-state index contributed by atoms with van der Waals surface area (Å²) in [6.07, 6.45) is 7.52. The molecular weight excluding hydrogens is 628 g/mol. The van der Waals surface area contributed by atoms with E-state index < -0.39 is 17.6 Å². The fourth-order valence-electron chi connectivity index (χ4n) is 5.78. The van der Waals surface area contributed by atoms with Crippen molar-refractivity contribution in [2.75, 3.05) is 13.1 Å². The summed E-state index contributed by atoms with van der Waals surface area (Å²) >= 11 is 5.83. The molecule has 2 aromatic heterocycles. The number of likely N-dealkylation sites (tertiary alicyclic amines) is 1. The van der Waals surface area contributed by atoms with Crippen LogP contribution in [-0.4, -0.2) is 54.3 Å². The first-order valence-electron chi connectivity index (χ1n) is 15.4. The fourth-order valence-corrected chi connectivity index (χ4v) is 5.94. The average Bonchev–Trinajstić information content (AvgIpc) is 3.65. The summed E-state index contributed by atoms with van der Waals surface area (Å²) in [7, 11) is 0. The summed E-state index contributed by atoms with van der Waals surface area (Å²) in [5, 5.41) is 9.39. The Morgan fingerprint density at radius 3 is 2.68 bits per heavy atom. The third-order valence-electron chi connectivity index (χ3n) is 8.18. The van der Waals surface area contributed by atoms with Crippen molar-refractivity contribution in [1.82, 2.24) is 24.0 Å². The highest BCUT2D eigenvalue weighted by Crippen LogP contribution is 2.27. The molecule has 3 heterocycles. The number of carboxylic acid groups (broad SMARTS) is 1. The van der Waals surface area contributed by atoms with Crippen molar-refractivity contribution in [3.8, 4) is 11.5 Å². The maximum absolute atomic E-state index is 15.3. The van der Waals surface area contributed by atoms with Gasteiger partial charge in [-0.1, -0.05) is 23.7 Å². The Bertz CT molecular complexity index is 1920. The largest absolute Gasteiger partial charge is 0.490 e. The molecule has 0 radical (unpaired) electrons. The molecular formula is C35H34ClF2N5O4. The molecule has 0 unspecified atom stereocenters. The summed E-state index contributed by atoms with van der Waals surface area (Å²) in [5.41, 5.74) is 3.09. The van der Waals surface area contributed by atoms with E-state index in [2.05, 4.69) is 9.88 Å². The predicted molar refractivity (Wildman–Crippen MR) is 174 cm³/mol. The highest BCUT2D eigenvalue weighted by Gasteiger charge is 2.24. The highest BCUT2D eigenvalue weighted by molar-refractivity contribution is 6.30. The van der Waals surface area contributed by atoms with Crippen LogP contribution in [0.3, 0.4) is 0 Å². The molecule has 1 fully saturated rings. The van der Waals surface area contributed by atoms with Gasteiger partial charge in [0, 0.05) is 36.9 Å². The first kappa shape index (κ1) is 32.2. The number of hydrogen-bond donors (Lipinski definition) is 1. The number of carbonyl (C=O) groups is 1. The molecule has 12 heteroatoms. The Morgan fingerprint density at radius 1 is 1.09 bits per heavy atom. The van der Waals surface area contributed by atoms with Gasteiger partial charge in [0.2, 0.25) is 0 Å². The van der Waals surface area contributed by atoms with Crippen LogP contribution in [0.2, 0.25) is 5.02 Å². The normalized spacial score (nSPS) is 14.3. The maximum atomic E-state index is 15.3. The standard InChI is InChI=1S/C35H34ClF2N5O4/c1-2-42-22-39-18-26(42)19-43-31-16-23(6-9-34(44)45)15-30(38)35(31)40-33(43)20-41-12-10-27(11-13-41)47-28-5-3-4-24(14-28)21-46-32-8-7-25(36)17-29(32)37/h3-9,14-18,22,27H,2,10-13,19-21H2,1H3,(H,44,45)/b9-6+. The third-order valence-corrected chi connectivity index (χ3v) is 8.41. The summed E-state index contributed by atoms with van der Waals surface area (Å²) < 4.78 is 45.4. The van der Waals surface area contributed by atoms with Crippen molar-refractivity contribution >= 4 is 34.7 Å². The number of piperidine rings is 1. The zero-order valence-electron chi connectivity index (χ0n) is 25.8. The van der Waals surface area contributed by atoms with E-state index in [1.807, 2.05) is 40.3 Å². The number of aliphatic carboxylic acids is 1. The number of fused-ring (bicyclic) bond motifs is 1. The van der Waals surface area contributed by atoms with E-state index in [0.29, 0.717) is 35.0 Å². The topological polar surface area (TPSA) is 94.6 Å². The molecule has 0 aliphatic carbocycles. The van der Waals surface area contributed by atoms with Crippen molar-refractivity contribution in [1.29, 1.82) is 0 Å². The Labute approximate surface area is 275 Å². The molecule has 1 N–H and O–H groups in total. The van der Waals surface area contributed by atoms with Crippen molar-refractivity contribution in [3.63, 3.8) is 0 Å². The number of imidazole rings is 2. The molecule has 9 nitrogen and oxygen atoms in total. The summed E-state index contributed by atoms with van der Waals surface area (Å²) in [5.74, 6) is -0.551. The Balaban J connectivity index is 1.13. The van der Waals surface area contributed by atoms with Gasteiger partial charge in [0.25, 0.3) is 0 Å². The number of halogens is 3. The van der Waals surface area contributed by atoms with Gasteiger partial charge in [-0.2, -0.15) is 0 Å². The Morgan fingerprint density at radius 2 is 1.91 bits per heavy atom. The van der Waals surface area contributed by atoms with Crippen LogP contribution in [0.4, 0.5) is 8.78 Å².